The average Bonchev–Trinajstić information content (AvgIpc) is 2.53. The molecule has 0 amide bonds. The summed E-state index contributed by atoms with van der Waals surface area (Å²) in [7, 11) is 3.28. The maximum atomic E-state index is 9.69. The molecule has 0 saturated heterocycles. The smallest absolute Gasteiger partial charge is 0.122 e. The van der Waals surface area contributed by atoms with Crippen molar-refractivity contribution in [2.24, 2.45) is 0 Å². The fraction of sp³-hybridized carbons (Fsp3) is 0.625. The number of hydrogen-bond donors (Lipinski definition) is 2. The van der Waals surface area contributed by atoms with Crippen LogP contribution in [0, 0.1) is 0 Å². The topological polar surface area (TPSA) is 50.7 Å². The average molecular weight is 279 g/mol. The minimum atomic E-state index is -0.0675. The summed E-state index contributed by atoms with van der Waals surface area (Å²) in [5, 5.41) is 13.3. The van der Waals surface area contributed by atoms with Crippen molar-refractivity contribution in [3.8, 4) is 11.5 Å². The summed E-state index contributed by atoms with van der Waals surface area (Å²) in [6, 6.07) is 6.19. The third-order valence-electron chi connectivity index (χ3n) is 4.00. The van der Waals surface area contributed by atoms with Crippen LogP contribution in [-0.4, -0.2) is 32.0 Å². The fourth-order valence-corrected chi connectivity index (χ4v) is 2.84. The van der Waals surface area contributed by atoms with Gasteiger partial charge in [-0.2, -0.15) is 0 Å². The summed E-state index contributed by atoms with van der Waals surface area (Å²) in [6.45, 7) is 0.0762. The lowest BCUT2D eigenvalue weighted by Gasteiger charge is -2.28. The van der Waals surface area contributed by atoms with Crippen LogP contribution in [0.3, 0.4) is 0 Å². The van der Waals surface area contributed by atoms with Crippen LogP contribution in [0.25, 0.3) is 0 Å². The second-order valence-corrected chi connectivity index (χ2v) is 5.38. The number of nitrogens with one attached hydrogen (secondary N) is 1. The van der Waals surface area contributed by atoms with Gasteiger partial charge in [-0.05, 0) is 30.5 Å². The molecule has 0 heterocycles. The third-order valence-corrected chi connectivity index (χ3v) is 4.00. The zero-order valence-corrected chi connectivity index (χ0v) is 12.4. The van der Waals surface area contributed by atoms with Gasteiger partial charge in [0, 0.05) is 12.1 Å². The summed E-state index contributed by atoms with van der Waals surface area (Å²) < 4.78 is 10.6. The molecular formula is C16H25NO3. The molecule has 1 aliphatic carbocycles. The Morgan fingerprint density at radius 2 is 1.70 bits per heavy atom. The standard InChI is InChI=1S/C16H25NO3/c1-19-14-8-12(9-15(10-14)20-2)16(11-18)17-13-6-4-3-5-7-13/h8-10,13,16-18H,3-7,11H2,1-2H3. The fourth-order valence-electron chi connectivity index (χ4n) is 2.84. The maximum Gasteiger partial charge on any atom is 0.122 e. The normalized spacial score (nSPS) is 17.8. The summed E-state index contributed by atoms with van der Waals surface area (Å²) >= 11 is 0. The van der Waals surface area contributed by atoms with Gasteiger partial charge in [-0.3, -0.25) is 0 Å². The van der Waals surface area contributed by atoms with E-state index in [4.69, 9.17) is 9.47 Å². The highest BCUT2D eigenvalue weighted by Gasteiger charge is 2.19. The highest BCUT2D eigenvalue weighted by atomic mass is 16.5. The highest BCUT2D eigenvalue weighted by Crippen LogP contribution is 2.28. The first kappa shape index (κ1) is 15.1. The molecule has 2 N–H and O–H groups in total. The second kappa shape index (κ2) is 7.50. The maximum absolute atomic E-state index is 9.69. The van der Waals surface area contributed by atoms with Crippen molar-refractivity contribution in [2.45, 2.75) is 44.2 Å². The Kier molecular flexibility index (Phi) is 5.68. The first-order valence-electron chi connectivity index (χ1n) is 7.36. The van der Waals surface area contributed by atoms with E-state index in [0.717, 1.165) is 17.1 Å². The molecule has 0 radical (unpaired) electrons. The number of rotatable bonds is 6. The second-order valence-electron chi connectivity index (χ2n) is 5.38. The number of aliphatic hydroxyl groups excluding tert-OH is 1. The SMILES string of the molecule is COc1cc(OC)cc(C(CO)NC2CCCCC2)c1. The predicted octanol–water partition coefficient (Wildman–Crippen LogP) is 2.66. The minimum absolute atomic E-state index is 0.0675. The Hall–Kier alpha value is -1.26. The van der Waals surface area contributed by atoms with Crippen LogP contribution < -0.4 is 14.8 Å². The van der Waals surface area contributed by atoms with Crippen molar-refractivity contribution in [3.05, 3.63) is 23.8 Å². The van der Waals surface area contributed by atoms with E-state index in [1.807, 2.05) is 18.2 Å². The van der Waals surface area contributed by atoms with Gasteiger partial charge in [0.2, 0.25) is 0 Å². The van der Waals surface area contributed by atoms with Crippen LogP contribution in [0.2, 0.25) is 0 Å². The van der Waals surface area contributed by atoms with E-state index in [0.29, 0.717) is 6.04 Å². The molecule has 0 bridgehead atoms. The predicted molar refractivity (Wildman–Crippen MR) is 79.4 cm³/mol. The zero-order valence-electron chi connectivity index (χ0n) is 12.4. The van der Waals surface area contributed by atoms with E-state index >= 15 is 0 Å². The van der Waals surface area contributed by atoms with Crippen molar-refractivity contribution in [1.82, 2.24) is 5.32 Å². The summed E-state index contributed by atoms with van der Waals surface area (Å²) in [5.74, 6) is 1.51. The first-order chi connectivity index (χ1) is 9.76. The van der Waals surface area contributed by atoms with E-state index in [-0.39, 0.29) is 12.6 Å². The Balaban J connectivity index is 2.12. The monoisotopic (exact) mass is 279 g/mol. The molecule has 0 aliphatic heterocycles. The number of benzene rings is 1. The quantitative estimate of drug-likeness (QED) is 0.840. The lowest BCUT2D eigenvalue weighted by atomic mass is 9.94. The Morgan fingerprint density at radius 3 is 2.20 bits per heavy atom. The highest BCUT2D eigenvalue weighted by molar-refractivity contribution is 5.40. The van der Waals surface area contributed by atoms with Crippen LogP contribution in [-0.2, 0) is 0 Å². The molecule has 1 atom stereocenters. The molecule has 1 saturated carbocycles. The van der Waals surface area contributed by atoms with E-state index in [2.05, 4.69) is 5.32 Å². The molecule has 1 unspecified atom stereocenters. The van der Waals surface area contributed by atoms with Gasteiger partial charge in [0.05, 0.1) is 26.9 Å². The van der Waals surface area contributed by atoms with Crippen molar-refractivity contribution in [1.29, 1.82) is 0 Å². The number of methoxy groups -OCH3 is 2. The van der Waals surface area contributed by atoms with E-state index < -0.39 is 0 Å². The summed E-state index contributed by atoms with van der Waals surface area (Å²) in [4.78, 5) is 0. The lowest BCUT2D eigenvalue weighted by Crippen LogP contribution is -2.36. The van der Waals surface area contributed by atoms with Gasteiger partial charge in [0.15, 0.2) is 0 Å². The molecule has 20 heavy (non-hydrogen) atoms. The Bertz CT molecular complexity index is 394. The van der Waals surface area contributed by atoms with Gasteiger partial charge in [0.1, 0.15) is 11.5 Å². The number of hydrogen-bond acceptors (Lipinski definition) is 4. The molecule has 0 spiro atoms. The lowest BCUT2D eigenvalue weighted by molar-refractivity contribution is 0.219. The number of aliphatic hydroxyl groups is 1. The van der Waals surface area contributed by atoms with E-state index in [1.54, 1.807) is 14.2 Å². The van der Waals surface area contributed by atoms with Gasteiger partial charge < -0.3 is 19.9 Å². The molecule has 1 aliphatic rings. The van der Waals surface area contributed by atoms with Crippen molar-refractivity contribution in [2.75, 3.05) is 20.8 Å². The molecule has 4 nitrogen and oxygen atoms in total. The Labute approximate surface area is 121 Å². The van der Waals surface area contributed by atoms with Gasteiger partial charge in [-0.15, -0.1) is 0 Å². The van der Waals surface area contributed by atoms with Crippen LogP contribution in [0.15, 0.2) is 18.2 Å². The van der Waals surface area contributed by atoms with Crippen molar-refractivity contribution < 1.29 is 14.6 Å². The van der Waals surface area contributed by atoms with Crippen molar-refractivity contribution in [3.63, 3.8) is 0 Å². The number of ether oxygens (including phenoxy) is 2. The van der Waals surface area contributed by atoms with Gasteiger partial charge >= 0.3 is 0 Å². The molecule has 1 fully saturated rings. The first-order valence-corrected chi connectivity index (χ1v) is 7.36. The van der Waals surface area contributed by atoms with Crippen LogP contribution in [0.5, 0.6) is 11.5 Å². The molecule has 112 valence electrons. The molecule has 4 heteroatoms. The van der Waals surface area contributed by atoms with E-state index in [1.165, 1.54) is 32.1 Å². The van der Waals surface area contributed by atoms with Gasteiger partial charge in [-0.25, -0.2) is 0 Å². The molecule has 1 aromatic carbocycles. The third kappa shape index (κ3) is 3.87. The summed E-state index contributed by atoms with van der Waals surface area (Å²) in [6.07, 6.45) is 6.26. The van der Waals surface area contributed by atoms with Gasteiger partial charge in [-0.1, -0.05) is 19.3 Å². The van der Waals surface area contributed by atoms with Crippen molar-refractivity contribution >= 4 is 0 Å². The molecule has 0 aromatic heterocycles. The van der Waals surface area contributed by atoms with Gasteiger partial charge in [0.25, 0.3) is 0 Å². The minimum Gasteiger partial charge on any atom is -0.497 e. The Morgan fingerprint density at radius 1 is 1.10 bits per heavy atom. The van der Waals surface area contributed by atoms with Crippen LogP contribution >= 0.6 is 0 Å². The van der Waals surface area contributed by atoms with Crippen LogP contribution in [0.4, 0.5) is 0 Å². The van der Waals surface area contributed by atoms with E-state index in [9.17, 15) is 5.11 Å². The zero-order chi connectivity index (χ0) is 14.4. The molecule has 1 aromatic rings. The molecular weight excluding hydrogens is 254 g/mol. The largest absolute Gasteiger partial charge is 0.497 e. The molecule has 2 rings (SSSR count). The summed E-state index contributed by atoms with van der Waals surface area (Å²) in [5.41, 5.74) is 1.01. The van der Waals surface area contributed by atoms with Crippen LogP contribution in [0.1, 0.15) is 43.7 Å².